The molecule has 0 fully saturated rings. The minimum absolute atomic E-state index is 0.0454. The van der Waals surface area contributed by atoms with E-state index in [1.807, 2.05) is 0 Å². The number of carbonyl (C=O) groups is 1. The number of aliphatic hydroxyl groups excluding tert-OH is 1. The zero-order valence-electron chi connectivity index (χ0n) is 7.79. The van der Waals surface area contributed by atoms with Gasteiger partial charge in [-0.1, -0.05) is 6.07 Å². The first-order valence-electron chi connectivity index (χ1n) is 4.20. The van der Waals surface area contributed by atoms with Gasteiger partial charge in [-0.3, -0.25) is 4.79 Å². The highest BCUT2D eigenvalue weighted by Crippen LogP contribution is 2.21. The van der Waals surface area contributed by atoms with E-state index in [0.717, 1.165) is 0 Å². The van der Waals surface area contributed by atoms with Gasteiger partial charge < -0.3 is 9.84 Å². The van der Waals surface area contributed by atoms with Crippen LogP contribution < -0.4 is 4.74 Å². The summed E-state index contributed by atoms with van der Waals surface area (Å²) >= 11 is 0. The predicted octanol–water partition coefficient (Wildman–Crippen LogP) is 1.40. The van der Waals surface area contributed by atoms with Crippen LogP contribution in [0.1, 0.15) is 17.3 Å². The molecule has 0 aromatic heterocycles. The van der Waals surface area contributed by atoms with Gasteiger partial charge in [-0.25, -0.2) is 4.39 Å². The summed E-state index contributed by atoms with van der Waals surface area (Å²) in [6.07, 6.45) is 0. The number of benzene rings is 1. The van der Waals surface area contributed by atoms with E-state index in [-0.39, 0.29) is 24.5 Å². The molecule has 1 aromatic rings. The van der Waals surface area contributed by atoms with E-state index < -0.39 is 11.6 Å². The van der Waals surface area contributed by atoms with Gasteiger partial charge in [0.05, 0.1) is 12.2 Å². The van der Waals surface area contributed by atoms with Crippen LogP contribution in [0.2, 0.25) is 0 Å². The third-order valence-corrected chi connectivity index (χ3v) is 1.68. The molecule has 0 amide bonds. The topological polar surface area (TPSA) is 46.5 Å². The molecule has 0 spiro atoms. The molecule has 76 valence electrons. The maximum absolute atomic E-state index is 13.2. The Morgan fingerprint density at radius 2 is 2.29 bits per heavy atom. The molecule has 0 saturated heterocycles. The summed E-state index contributed by atoms with van der Waals surface area (Å²) in [5.74, 6) is -0.824. The molecule has 0 saturated carbocycles. The molecule has 0 bridgehead atoms. The zero-order valence-corrected chi connectivity index (χ0v) is 7.79. The van der Waals surface area contributed by atoms with Gasteiger partial charge in [0.1, 0.15) is 18.2 Å². The highest BCUT2D eigenvalue weighted by molar-refractivity contribution is 5.97. The molecule has 0 aliphatic heterocycles. The number of hydrogen-bond donors (Lipinski definition) is 1. The molecule has 0 radical (unpaired) electrons. The van der Waals surface area contributed by atoms with Crippen molar-refractivity contribution in [1.82, 2.24) is 0 Å². The molecule has 0 unspecified atom stereocenters. The van der Waals surface area contributed by atoms with Crippen molar-refractivity contribution in [2.24, 2.45) is 0 Å². The van der Waals surface area contributed by atoms with Gasteiger partial charge in [-0.15, -0.1) is 0 Å². The van der Waals surface area contributed by atoms with Crippen molar-refractivity contribution in [3.63, 3.8) is 0 Å². The molecule has 1 rings (SSSR count). The van der Waals surface area contributed by atoms with Gasteiger partial charge in [0.25, 0.3) is 0 Å². The minimum atomic E-state index is -0.604. The Hall–Kier alpha value is -1.42. The fourth-order valence-electron chi connectivity index (χ4n) is 1.12. The van der Waals surface area contributed by atoms with E-state index in [9.17, 15) is 9.18 Å². The smallest absolute Gasteiger partial charge is 0.166 e. The standard InChI is InChI=1S/C10H11FO3/c1-7(13)10-8(11)3-2-4-9(10)14-6-5-12/h2-4,12H,5-6H2,1H3. The summed E-state index contributed by atoms with van der Waals surface area (Å²) in [6.45, 7) is 1.14. The van der Waals surface area contributed by atoms with Crippen LogP contribution in [0.5, 0.6) is 5.75 Å². The van der Waals surface area contributed by atoms with Crippen molar-refractivity contribution in [3.05, 3.63) is 29.6 Å². The Labute approximate surface area is 81.1 Å². The molecule has 1 N–H and O–H groups in total. The van der Waals surface area contributed by atoms with E-state index in [2.05, 4.69) is 0 Å². The Balaban J connectivity index is 3.02. The summed E-state index contributed by atoms with van der Waals surface area (Å²) in [4.78, 5) is 11.1. The number of halogens is 1. The normalized spacial score (nSPS) is 9.93. The van der Waals surface area contributed by atoms with E-state index in [4.69, 9.17) is 9.84 Å². The van der Waals surface area contributed by atoms with Gasteiger partial charge in [0.15, 0.2) is 5.78 Å². The van der Waals surface area contributed by atoms with Crippen LogP contribution in [0, 0.1) is 5.82 Å². The van der Waals surface area contributed by atoms with Crippen LogP contribution in [0.25, 0.3) is 0 Å². The van der Waals surface area contributed by atoms with Crippen LogP contribution in [0.3, 0.4) is 0 Å². The molecule has 0 aliphatic carbocycles. The lowest BCUT2D eigenvalue weighted by molar-refractivity contribution is 0.100. The first-order valence-corrected chi connectivity index (χ1v) is 4.20. The first-order chi connectivity index (χ1) is 6.66. The number of aliphatic hydroxyl groups is 1. The molecule has 0 aliphatic rings. The molecule has 0 atom stereocenters. The number of ether oxygens (including phenoxy) is 1. The third-order valence-electron chi connectivity index (χ3n) is 1.68. The van der Waals surface area contributed by atoms with Crippen molar-refractivity contribution in [1.29, 1.82) is 0 Å². The SMILES string of the molecule is CC(=O)c1c(F)cccc1OCCO. The first kappa shape index (κ1) is 10.7. The van der Waals surface area contributed by atoms with Gasteiger partial charge in [0, 0.05) is 0 Å². The molecule has 3 nitrogen and oxygen atoms in total. The van der Waals surface area contributed by atoms with Crippen molar-refractivity contribution < 1.29 is 19.0 Å². The molecule has 1 aromatic carbocycles. The number of rotatable bonds is 4. The second-order valence-corrected chi connectivity index (χ2v) is 2.74. The molecule has 14 heavy (non-hydrogen) atoms. The average molecular weight is 198 g/mol. The summed E-state index contributed by atoms with van der Waals surface area (Å²) in [5, 5.41) is 8.52. The molecular formula is C10H11FO3. The highest BCUT2D eigenvalue weighted by atomic mass is 19.1. The van der Waals surface area contributed by atoms with Gasteiger partial charge in [0.2, 0.25) is 0 Å². The third kappa shape index (κ3) is 2.29. The summed E-state index contributed by atoms with van der Waals surface area (Å²) in [6, 6.07) is 4.15. The Kier molecular flexibility index (Phi) is 3.59. The highest BCUT2D eigenvalue weighted by Gasteiger charge is 2.13. The second-order valence-electron chi connectivity index (χ2n) is 2.74. The number of carbonyl (C=O) groups excluding carboxylic acids is 1. The maximum atomic E-state index is 13.2. The number of ketones is 1. The Morgan fingerprint density at radius 1 is 1.57 bits per heavy atom. The fourth-order valence-corrected chi connectivity index (χ4v) is 1.12. The van der Waals surface area contributed by atoms with Crippen LogP contribution in [0.4, 0.5) is 4.39 Å². The zero-order chi connectivity index (χ0) is 10.6. The molecule has 0 heterocycles. The van der Waals surface area contributed by atoms with Crippen LogP contribution in [-0.2, 0) is 0 Å². The average Bonchev–Trinajstić information content (AvgIpc) is 2.14. The van der Waals surface area contributed by atoms with Crippen molar-refractivity contribution in [2.75, 3.05) is 13.2 Å². The Morgan fingerprint density at radius 3 is 2.86 bits per heavy atom. The van der Waals surface area contributed by atoms with E-state index in [1.54, 1.807) is 0 Å². The van der Waals surface area contributed by atoms with Crippen molar-refractivity contribution in [2.45, 2.75) is 6.92 Å². The van der Waals surface area contributed by atoms with E-state index >= 15 is 0 Å². The van der Waals surface area contributed by atoms with Crippen molar-refractivity contribution >= 4 is 5.78 Å². The van der Waals surface area contributed by atoms with E-state index in [1.165, 1.54) is 25.1 Å². The monoisotopic (exact) mass is 198 g/mol. The summed E-state index contributed by atoms with van der Waals surface area (Å²) in [7, 11) is 0. The van der Waals surface area contributed by atoms with Crippen LogP contribution in [-0.4, -0.2) is 24.1 Å². The maximum Gasteiger partial charge on any atom is 0.166 e. The number of hydrogen-bond acceptors (Lipinski definition) is 3. The lowest BCUT2D eigenvalue weighted by Gasteiger charge is -2.08. The van der Waals surface area contributed by atoms with Crippen LogP contribution >= 0.6 is 0 Å². The quantitative estimate of drug-likeness (QED) is 0.744. The largest absolute Gasteiger partial charge is 0.490 e. The predicted molar refractivity (Wildman–Crippen MR) is 49.0 cm³/mol. The summed E-state index contributed by atoms with van der Waals surface area (Å²) in [5.41, 5.74) is -0.0686. The Bertz CT molecular complexity index is 336. The van der Waals surface area contributed by atoms with Crippen molar-refractivity contribution in [3.8, 4) is 5.75 Å². The minimum Gasteiger partial charge on any atom is -0.490 e. The number of Topliss-reactive ketones (excluding diaryl/α,β-unsaturated/α-hetero) is 1. The van der Waals surface area contributed by atoms with Gasteiger partial charge >= 0.3 is 0 Å². The van der Waals surface area contributed by atoms with Gasteiger partial charge in [-0.2, -0.15) is 0 Å². The lowest BCUT2D eigenvalue weighted by atomic mass is 10.1. The van der Waals surface area contributed by atoms with Gasteiger partial charge in [-0.05, 0) is 19.1 Å². The molecule has 4 heteroatoms. The fraction of sp³-hybridized carbons (Fsp3) is 0.300. The second kappa shape index (κ2) is 4.72. The summed E-state index contributed by atoms with van der Waals surface area (Å²) < 4.78 is 18.2. The van der Waals surface area contributed by atoms with E-state index in [0.29, 0.717) is 0 Å². The lowest BCUT2D eigenvalue weighted by Crippen LogP contribution is -2.07. The van der Waals surface area contributed by atoms with Crippen LogP contribution in [0.15, 0.2) is 18.2 Å². The molecular weight excluding hydrogens is 187 g/mol.